The van der Waals surface area contributed by atoms with E-state index in [1.54, 1.807) is 13.2 Å². The molecule has 0 aliphatic rings. The Bertz CT molecular complexity index is 1190. The van der Waals surface area contributed by atoms with E-state index >= 15 is 0 Å². The molecular weight excluding hydrogens is 380 g/mol. The molecule has 4 nitrogen and oxygen atoms in total. The first-order valence-corrected chi connectivity index (χ1v) is 9.96. The SMILES string of the molecule is CC[C@@H](N)c1ccc(-c2c(OC)cc(Cl)c3[nH]c(=O)c4sccc4c23)cc1. The highest BCUT2D eigenvalue weighted by Crippen LogP contribution is 2.43. The number of nitrogens with one attached hydrogen (secondary N) is 1. The highest BCUT2D eigenvalue weighted by molar-refractivity contribution is 7.17. The second-order valence-electron chi connectivity index (χ2n) is 6.44. The number of nitrogens with two attached hydrogens (primary N) is 1. The fourth-order valence-corrected chi connectivity index (χ4v) is 4.49. The van der Waals surface area contributed by atoms with E-state index in [9.17, 15) is 4.79 Å². The molecule has 0 radical (unpaired) electrons. The van der Waals surface area contributed by atoms with E-state index in [0.29, 0.717) is 21.0 Å². The number of aromatic amines is 1. The van der Waals surface area contributed by atoms with Crippen LogP contribution in [0.5, 0.6) is 5.75 Å². The fraction of sp³-hybridized carbons (Fsp3) is 0.190. The molecule has 3 N–H and O–H groups in total. The number of benzene rings is 2. The molecule has 2 aromatic heterocycles. The largest absolute Gasteiger partial charge is 0.496 e. The zero-order valence-corrected chi connectivity index (χ0v) is 16.6. The third-order valence-corrected chi connectivity index (χ3v) is 6.12. The number of thiophene rings is 1. The van der Waals surface area contributed by atoms with E-state index in [4.69, 9.17) is 22.1 Å². The van der Waals surface area contributed by atoms with Crippen LogP contribution in [0.15, 0.2) is 46.6 Å². The number of hydrogen-bond acceptors (Lipinski definition) is 4. The maximum Gasteiger partial charge on any atom is 0.266 e. The Morgan fingerprint density at radius 1 is 1.26 bits per heavy atom. The average molecular weight is 399 g/mol. The van der Waals surface area contributed by atoms with Crippen molar-refractivity contribution in [3.63, 3.8) is 0 Å². The van der Waals surface area contributed by atoms with Gasteiger partial charge in [0.05, 0.1) is 17.6 Å². The molecule has 2 aromatic carbocycles. The Morgan fingerprint density at radius 2 is 2.00 bits per heavy atom. The summed E-state index contributed by atoms with van der Waals surface area (Å²) in [6.45, 7) is 2.07. The van der Waals surface area contributed by atoms with Gasteiger partial charge in [0.1, 0.15) is 10.4 Å². The second kappa shape index (κ2) is 7.00. The number of pyridine rings is 1. The number of H-pyrrole nitrogens is 1. The molecule has 0 bridgehead atoms. The summed E-state index contributed by atoms with van der Waals surface area (Å²) in [5.74, 6) is 0.666. The summed E-state index contributed by atoms with van der Waals surface area (Å²) in [6, 6.07) is 11.9. The normalized spacial score (nSPS) is 12.6. The number of halogens is 1. The maximum atomic E-state index is 12.4. The summed E-state index contributed by atoms with van der Waals surface area (Å²) in [4.78, 5) is 15.3. The molecular formula is C21H19ClN2O2S. The van der Waals surface area contributed by atoms with Gasteiger partial charge in [0.25, 0.3) is 5.56 Å². The van der Waals surface area contributed by atoms with E-state index in [0.717, 1.165) is 33.9 Å². The van der Waals surface area contributed by atoms with Gasteiger partial charge < -0.3 is 15.5 Å². The van der Waals surface area contributed by atoms with Gasteiger partial charge in [0.2, 0.25) is 0 Å². The monoisotopic (exact) mass is 398 g/mol. The Morgan fingerprint density at radius 3 is 2.67 bits per heavy atom. The molecule has 0 spiro atoms. The summed E-state index contributed by atoms with van der Waals surface area (Å²) in [6.07, 6.45) is 0.878. The summed E-state index contributed by atoms with van der Waals surface area (Å²) in [5.41, 5.74) is 9.63. The van der Waals surface area contributed by atoms with Crippen LogP contribution in [0.2, 0.25) is 5.02 Å². The Labute approximate surface area is 165 Å². The van der Waals surface area contributed by atoms with Crippen molar-refractivity contribution in [3.05, 3.63) is 62.7 Å². The minimum Gasteiger partial charge on any atom is -0.496 e. The third-order valence-electron chi connectivity index (χ3n) is 4.91. The second-order valence-corrected chi connectivity index (χ2v) is 7.76. The van der Waals surface area contributed by atoms with Crippen molar-refractivity contribution in [2.75, 3.05) is 7.11 Å². The predicted molar refractivity (Wildman–Crippen MR) is 114 cm³/mol. The van der Waals surface area contributed by atoms with Gasteiger partial charge in [-0.1, -0.05) is 42.8 Å². The number of rotatable bonds is 4. The topological polar surface area (TPSA) is 68.1 Å². The molecule has 4 rings (SSSR count). The lowest BCUT2D eigenvalue weighted by Gasteiger charge is -2.16. The number of aromatic nitrogens is 1. The summed E-state index contributed by atoms with van der Waals surface area (Å²) in [5, 5.41) is 4.15. The predicted octanol–water partition coefficient (Wildman–Crippen LogP) is 5.48. The van der Waals surface area contributed by atoms with E-state index in [1.165, 1.54) is 11.3 Å². The van der Waals surface area contributed by atoms with Crippen molar-refractivity contribution in [1.29, 1.82) is 0 Å². The molecule has 0 unspecified atom stereocenters. The highest BCUT2D eigenvalue weighted by Gasteiger charge is 2.19. The fourth-order valence-electron chi connectivity index (χ4n) is 3.45. The first-order chi connectivity index (χ1) is 13.0. The third kappa shape index (κ3) is 2.92. The van der Waals surface area contributed by atoms with Crippen LogP contribution in [0.1, 0.15) is 24.9 Å². The molecule has 2 heterocycles. The molecule has 1 atom stereocenters. The number of fused-ring (bicyclic) bond motifs is 3. The lowest BCUT2D eigenvalue weighted by molar-refractivity contribution is 0.417. The van der Waals surface area contributed by atoms with Gasteiger partial charge in [-0.15, -0.1) is 11.3 Å². The number of hydrogen-bond donors (Lipinski definition) is 2. The van der Waals surface area contributed by atoms with Gasteiger partial charge in [-0.3, -0.25) is 4.79 Å². The molecule has 0 aliphatic heterocycles. The summed E-state index contributed by atoms with van der Waals surface area (Å²) >= 11 is 7.88. The van der Waals surface area contributed by atoms with Gasteiger partial charge in [-0.05, 0) is 29.0 Å². The van der Waals surface area contributed by atoms with Crippen LogP contribution in [0.4, 0.5) is 0 Å². The van der Waals surface area contributed by atoms with E-state index in [1.807, 2.05) is 35.7 Å². The van der Waals surface area contributed by atoms with E-state index in [-0.39, 0.29) is 11.6 Å². The minimum absolute atomic E-state index is 0.0165. The molecule has 0 fully saturated rings. The van der Waals surface area contributed by atoms with Crippen molar-refractivity contribution in [1.82, 2.24) is 4.98 Å². The quantitative estimate of drug-likeness (QED) is 0.478. The van der Waals surface area contributed by atoms with Crippen LogP contribution < -0.4 is 16.0 Å². The van der Waals surface area contributed by atoms with Crippen LogP contribution in [-0.2, 0) is 0 Å². The summed E-state index contributed by atoms with van der Waals surface area (Å²) < 4.78 is 6.32. The molecule has 0 aliphatic carbocycles. The first-order valence-electron chi connectivity index (χ1n) is 8.70. The van der Waals surface area contributed by atoms with Crippen molar-refractivity contribution in [2.24, 2.45) is 5.73 Å². The lowest BCUT2D eigenvalue weighted by Crippen LogP contribution is -2.08. The van der Waals surface area contributed by atoms with Crippen LogP contribution in [-0.4, -0.2) is 12.1 Å². The molecule has 6 heteroatoms. The molecule has 27 heavy (non-hydrogen) atoms. The Kier molecular flexibility index (Phi) is 4.68. The van der Waals surface area contributed by atoms with Crippen LogP contribution in [0.25, 0.3) is 32.1 Å². The van der Waals surface area contributed by atoms with E-state index in [2.05, 4.69) is 11.9 Å². The van der Waals surface area contributed by atoms with Gasteiger partial charge in [0.15, 0.2) is 0 Å². The molecule has 0 saturated carbocycles. The van der Waals surface area contributed by atoms with Gasteiger partial charge in [-0.25, -0.2) is 0 Å². The lowest BCUT2D eigenvalue weighted by atomic mass is 9.95. The van der Waals surface area contributed by atoms with Crippen LogP contribution >= 0.6 is 22.9 Å². The molecule has 138 valence electrons. The van der Waals surface area contributed by atoms with Crippen molar-refractivity contribution >= 4 is 43.9 Å². The maximum absolute atomic E-state index is 12.4. The molecule has 0 amide bonds. The van der Waals surface area contributed by atoms with Gasteiger partial charge in [-0.2, -0.15) is 0 Å². The molecule has 4 aromatic rings. The van der Waals surface area contributed by atoms with Crippen LogP contribution in [0.3, 0.4) is 0 Å². The van der Waals surface area contributed by atoms with Crippen molar-refractivity contribution in [2.45, 2.75) is 19.4 Å². The Hall–Kier alpha value is -2.34. The first kappa shape index (κ1) is 18.0. The standard InChI is InChI=1S/C21H19ClN2O2S/c1-3-15(23)11-4-6-12(7-5-11)17-16(26-2)10-14(22)19-18(17)13-8-9-27-20(13)21(25)24-19/h4-10,15H,3,23H2,1-2H3,(H,24,25)/t15-/m1/s1. The highest BCUT2D eigenvalue weighted by atomic mass is 35.5. The average Bonchev–Trinajstić information content (AvgIpc) is 3.18. The Balaban J connectivity index is 2.08. The smallest absolute Gasteiger partial charge is 0.266 e. The van der Waals surface area contributed by atoms with E-state index < -0.39 is 0 Å². The zero-order valence-electron chi connectivity index (χ0n) is 15.0. The van der Waals surface area contributed by atoms with Crippen molar-refractivity contribution in [3.8, 4) is 16.9 Å². The number of methoxy groups -OCH3 is 1. The van der Waals surface area contributed by atoms with Crippen LogP contribution in [0, 0.1) is 0 Å². The summed E-state index contributed by atoms with van der Waals surface area (Å²) in [7, 11) is 1.62. The van der Waals surface area contributed by atoms with Crippen molar-refractivity contribution < 1.29 is 4.74 Å². The zero-order chi connectivity index (χ0) is 19.1. The minimum atomic E-state index is -0.130. The number of ether oxygens (including phenoxy) is 1. The molecule has 0 saturated heterocycles. The van der Waals surface area contributed by atoms with Gasteiger partial charge in [0, 0.05) is 28.4 Å². The van der Waals surface area contributed by atoms with Gasteiger partial charge >= 0.3 is 0 Å².